The summed E-state index contributed by atoms with van der Waals surface area (Å²) in [6, 6.07) is 6.95. The molecule has 2 bridgehead atoms. The Morgan fingerprint density at radius 2 is 2.07 bits per heavy atom. The van der Waals surface area contributed by atoms with Crippen molar-refractivity contribution in [2.75, 3.05) is 18.2 Å². The number of esters is 1. The quantitative estimate of drug-likeness (QED) is 0.601. The van der Waals surface area contributed by atoms with Crippen molar-refractivity contribution < 1.29 is 14.3 Å². The van der Waals surface area contributed by atoms with Gasteiger partial charge >= 0.3 is 5.97 Å². The molecule has 1 aromatic heterocycles. The maximum Gasteiger partial charge on any atom is 0.337 e. The lowest BCUT2D eigenvalue weighted by atomic mass is 9.96. The lowest BCUT2D eigenvalue weighted by Crippen LogP contribution is -2.19. The van der Waals surface area contributed by atoms with Crippen molar-refractivity contribution in [3.05, 3.63) is 29.8 Å². The molecule has 0 radical (unpaired) electrons. The van der Waals surface area contributed by atoms with Crippen LogP contribution in [-0.2, 0) is 9.53 Å². The largest absolute Gasteiger partial charge is 0.465 e. The van der Waals surface area contributed by atoms with Crippen molar-refractivity contribution in [1.29, 1.82) is 0 Å². The highest BCUT2D eigenvalue weighted by molar-refractivity contribution is 7.99. The third kappa shape index (κ3) is 3.83. The van der Waals surface area contributed by atoms with Gasteiger partial charge < -0.3 is 10.1 Å². The monoisotopic (exact) mass is 387 g/mol. The lowest BCUT2D eigenvalue weighted by molar-refractivity contribution is -0.113. The summed E-state index contributed by atoms with van der Waals surface area (Å²) in [5.74, 6) is 1.14. The molecule has 142 valence electrons. The van der Waals surface area contributed by atoms with Crippen LogP contribution < -0.4 is 5.32 Å². The number of rotatable bonds is 6. The molecular weight excluding hydrogens is 366 g/mol. The first-order chi connectivity index (χ1) is 13.1. The average molecular weight is 387 g/mol. The van der Waals surface area contributed by atoms with Crippen LogP contribution in [0.2, 0.25) is 0 Å². The van der Waals surface area contributed by atoms with Gasteiger partial charge in [0, 0.05) is 5.69 Å². The molecule has 0 spiro atoms. The first kappa shape index (κ1) is 18.0. The van der Waals surface area contributed by atoms with Crippen LogP contribution in [0.5, 0.6) is 0 Å². The van der Waals surface area contributed by atoms with E-state index in [1.165, 1.54) is 38.1 Å². The van der Waals surface area contributed by atoms with Crippen LogP contribution >= 0.6 is 11.8 Å². The van der Waals surface area contributed by atoms with E-state index < -0.39 is 5.97 Å². The molecule has 0 unspecified atom stereocenters. The van der Waals surface area contributed by atoms with E-state index in [2.05, 4.69) is 25.6 Å². The molecule has 1 N–H and O–H groups in total. The standard InChI is InChI=1S/C18H21N5O3S/c1-26-17(25)12-4-6-14(7-5-12)19-16(24)10-27-18-20-21-22-23(18)15-9-11-2-3-13(15)8-11/h4-7,11,13,15H,2-3,8-10H2,1H3,(H,19,24)/t11-,13+,15+/m0/s1. The summed E-state index contributed by atoms with van der Waals surface area (Å²) in [4.78, 5) is 23.7. The van der Waals surface area contributed by atoms with E-state index in [1.54, 1.807) is 24.3 Å². The number of nitrogens with zero attached hydrogens (tertiary/aromatic N) is 4. The molecule has 2 fully saturated rings. The van der Waals surface area contributed by atoms with Gasteiger partial charge in [-0.1, -0.05) is 18.2 Å². The number of carbonyl (C=O) groups is 2. The third-order valence-electron chi connectivity index (χ3n) is 5.40. The minimum absolute atomic E-state index is 0.145. The van der Waals surface area contributed by atoms with E-state index >= 15 is 0 Å². The Morgan fingerprint density at radius 3 is 2.74 bits per heavy atom. The summed E-state index contributed by atoms with van der Waals surface area (Å²) in [6.45, 7) is 0. The number of carbonyl (C=O) groups excluding carboxylic acids is 2. The van der Waals surface area contributed by atoms with Crippen LogP contribution in [0.15, 0.2) is 29.4 Å². The minimum Gasteiger partial charge on any atom is -0.465 e. The number of methoxy groups -OCH3 is 1. The Balaban J connectivity index is 1.32. The van der Waals surface area contributed by atoms with E-state index in [0.717, 1.165) is 12.3 Å². The van der Waals surface area contributed by atoms with E-state index in [0.29, 0.717) is 28.4 Å². The molecular formula is C18H21N5O3S. The van der Waals surface area contributed by atoms with Gasteiger partial charge in [0.05, 0.1) is 24.5 Å². The molecule has 2 aromatic rings. The lowest BCUT2D eigenvalue weighted by Gasteiger charge is -2.22. The molecule has 2 saturated carbocycles. The number of thioether (sulfide) groups is 1. The number of tetrazole rings is 1. The second-order valence-corrected chi connectivity index (χ2v) is 8.00. The summed E-state index contributed by atoms with van der Waals surface area (Å²) in [7, 11) is 1.33. The van der Waals surface area contributed by atoms with Crippen LogP contribution in [0, 0.1) is 11.8 Å². The molecule has 0 aliphatic heterocycles. The Bertz CT molecular complexity index is 838. The fourth-order valence-electron chi connectivity index (χ4n) is 4.13. The molecule has 2 aliphatic rings. The van der Waals surface area contributed by atoms with E-state index in [-0.39, 0.29) is 11.7 Å². The number of aromatic nitrogens is 4. The number of benzene rings is 1. The molecule has 27 heavy (non-hydrogen) atoms. The van der Waals surface area contributed by atoms with Crippen LogP contribution in [0.4, 0.5) is 5.69 Å². The minimum atomic E-state index is -0.407. The average Bonchev–Trinajstić information content (AvgIpc) is 3.42. The third-order valence-corrected chi connectivity index (χ3v) is 6.33. The number of nitrogens with one attached hydrogen (secondary N) is 1. The highest BCUT2D eigenvalue weighted by Crippen LogP contribution is 2.50. The van der Waals surface area contributed by atoms with Gasteiger partial charge in [-0.15, -0.1) is 5.10 Å². The molecule has 4 rings (SSSR count). The first-order valence-corrected chi connectivity index (χ1v) is 10.0. The van der Waals surface area contributed by atoms with Gasteiger partial charge in [-0.3, -0.25) is 4.79 Å². The Morgan fingerprint density at radius 1 is 1.26 bits per heavy atom. The first-order valence-electron chi connectivity index (χ1n) is 9.03. The predicted octanol–water partition coefficient (Wildman–Crippen LogP) is 2.55. The van der Waals surface area contributed by atoms with Gasteiger partial charge in [0.1, 0.15) is 0 Å². The molecule has 0 saturated heterocycles. The zero-order valence-electron chi connectivity index (χ0n) is 15.0. The summed E-state index contributed by atoms with van der Waals surface area (Å²) in [5.41, 5.74) is 1.07. The van der Waals surface area contributed by atoms with E-state index in [4.69, 9.17) is 0 Å². The van der Waals surface area contributed by atoms with Crippen molar-refractivity contribution in [1.82, 2.24) is 20.2 Å². The molecule has 9 heteroatoms. The van der Waals surface area contributed by atoms with Crippen LogP contribution in [-0.4, -0.2) is 44.9 Å². The topological polar surface area (TPSA) is 99.0 Å². The van der Waals surface area contributed by atoms with Crippen LogP contribution in [0.1, 0.15) is 42.1 Å². The second-order valence-electron chi connectivity index (χ2n) is 7.05. The maximum absolute atomic E-state index is 12.2. The van der Waals surface area contributed by atoms with Gasteiger partial charge in [0.15, 0.2) is 0 Å². The van der Waals surface area contributed by atoms with E-state index in [1.807, 2.05) is 4.68 Å². The Kier molecular flexibility index (Phi) is 5.11. The van der Waals surface area contributed by atoms with Crippen molar-refractivity contribution in [2.45, 2.75) is 36.9 Å². The molecule has 2 aliphatic carbocycles. The zero-order chi connectivity index (χ0) is 18.8. The summed E-state index contributed by atoms with van der Waals surface area (Å²) < 4.78 is 6.57. The Hall–Kier alpha value is -2.42. The number of hydrogen-bond acceptors (Lipinski definition) is 7. The fraction of sp³-hybridized carbons (Fsp3) is 0.500. The van der Waals surface area contributed by atoms with Crippen LogP contribution in [0.25, 0.3) is 0 Å². The number of fused-ring (bicyclic) bond motifs is 2. The normalized spacial score (nSPS) is 23.4. The molecule has 1 amide bonds. The smallest absolute Gasteiger partial charge is 0.337 e. The molecule has 1 heterocycles. The molecule has 1 aromatic carbocycles. The number of anilines is 1. The van der Waals surface area contributed by atoms with Crippen molar-refractivity contribution in [3.63, 3.8) is 0 Å². The maximum atomic E-state index is 12.2. The van der Waals surface area contributed by atoms with Crippen molar-refractivity contribution in [2.24, 2.45) is 11.8 Å². The summed E-state index contributed by atoms with van der Waals surface area (Å²) >= 11 is 1.35. The Labute approximate surface area is 161 Å². The number of amides is 1. The fourth-order valence-corrected chi connectivity index (χ4v) is 4.86. The van der Waals surface area contributed by atoms with Gasteiger partial charge in [-0.05, 0) is 65.8 Å². The second kappa shape index (κ2) is 7.67. The van der Waals surface area contributed by atoms with Gasteiger partial charge in [-0.2, -0.15) is 0 Å². The van der Waals surface area contributed by atoms with Gasteiger partial charge in [0.2, 0.25) is 11.1 Å². The summed E-state index contributed by atoms with van der Waals surface area (Å²) in [5, 5.41) is 15.6. The molecule has 8 nitrogen and oxygen atoms in total. The van der Waals surface area contributed by atoms with Gasteiger partial charge in [-0.25, -0.2) is 9.48 Å². The van der Waals surface area contributed by atoms with Crippen molar-refractivity contribution >= 4 is 29.3 Å². The van der Waals surface area contributed by atoms with Gasteiger partial charge in [0.25, 0.3) is 0 Å². The van der Waals surface area contributed by atoms with Crippen LogP contribution in [0.3, 0.4) is 0 Å². The number of ether oxygens (including phenoxy) is 1. The molecule has 3 atom stereocenters. The predicted molar refractivity (Wildman–Crippen MR) is 99.4 cm³/mol. The zero-order valence-corrected chi connectivity index (χ0v) is 15.8. The van der Waals surface area contributed by atoms with Crippen molar-refractivity contribution in [3.8, 4) is 0 Å². The SMILES string of the molecule is COC(=O)c1ccc(NC(=O)CSc2nnnn2[C@@H]2C[C@H]3CC[C@@H]2C3)cc1. The summed E-state index contributed by atoms with van der Waals surface area (Å²) in [6.07, 6.45) is 4.99. The number of hydrogen-bond donors (Lipinski definition) is 1. The highest BCUT2D eigenvalue weighted by atomic mass is 32.2. The van der Waals surface area contributed by atoms with E-state index in [9.17, 15) is 9.59 Å². The highest BCUT2D eigenvalue weighted by Gasteiger charge is 2.42.